The topological polar surface area (TPSA) is 26.0 Å². The molecule has 0 saturated carbocycles. The lowest BCUT2D eigenvalue weighted by Gasteiger charge is -1.97. The van der Waals surface area contributed by atoms with Gasteiger partial charge in [-0.1, -0.05) is 36.8 Å². The summed E-state index contributed by atoms with van der Waals surface area (Å²) >= 11 is 5.83. The minimum absolute atomic E-state index is 0.680. The van der Waals surface area contributed by atoms with E-state index in [1.54, 1.807) is 18.2 Å². The van der Waals surface area contributed by atoms with Crippen LogP contribution >= 0.6 is 11.6 Å². The Bertz CT molecular complexity index is 360. The SMILES string of the molecule is CCCCC#Cc1cc(Cl)ccc1N. The lowest BCUT2D eigenvalue weighted by atomic mass is 10.1. The fourth-order valence-corrected chi connectivity index (χ4v) is 1.23. The quantitative estimate of drug-likeness (QED) is 0.449. The summed E-state index contributed by atoms with van der Waals surface area (Å²) in [5.41, 5.74) is 7.26. The largest absolute Gasteiger partial charge is 0.398 e. The van der Waals surface area contributed by atoms with Crippen LogP contribution in [-0.2, 0) is 0 Å². The highest BCUT2D eigenvalue weighted by Crippen LogP contribution is 2.16. The summed E-state index contributed by atoms with van der Waals surface area (Å²) in [5, 5.41) is 0.680. The third-order valence-corrected chi connectivity index (χ3v) is 2.13. The zero-order valence-electron chi connectivity index (χ0n) is 8.31. The maximum atomic E-state index is 5.83. The van der Waals surface area contributed by atoms with Gasteiger partial charge in [-0.05, 0) is 24.6 Å². The zero-order valence-corrected chi connectivity index (χ0v) is 9.06. The van der Waals surface area contributed by atoms with Gasteiger partial charge in [0.1, 0.15) is 0 Å². The number of hydrogen-bond acceptors (Lipinski definition) is 1. The van der Waals surface area contributed by atoms with Crippen molar-refractivity contribution >= 4 is 17.3 Å². The van der Waals surface area contributed by atoms with Gasteiger partial charge >= 0.3 is 0 Å². The molecule has 2 N–H and O–H groups in total. The molecule has 0 aliphatic heterocycles. The van der Waals surface area contributed by atoms with Gasteiger partial charge in [-0.2, -0.15) is 0 Å². The Labute approximate surface area is 90.3 Å². The van der Waals surface area contributed by atoms with Crippen LogP contribution < -0.4 is 5.73 Å². The maximum Gasteiger partial charge on any atom is 0.0489 e. The summed E-state index contributed by atoms with van der Waals surface area (Å²) in [7, 11) is 0. The minimum Gasteiger partial charge on any atom is -0.398 e. The van der Waals surface area contributed by atoms with Crippen molar-refractivity contribution in [2.24, 2.45) is 0 Å². The molecule has 0 fully saturated rings. The molecule has 0 aliphatic carbocycles. The van der Waals surface area contributed by atoms with E-state index in [0.29, 0.717) is 10.7 Å². The fraction of sp³-hybridized carbons (Fsp3) is 0.333. The predicted molar refractivity (Wildman–Crippen MR) is 62.3 cm³/mol. The molecular formula is C12H14ClN. The van der Waals surface area contributed by atoms with E-state index in [1.165, 1.54) is 6.42 Å². The van der Waals surface area contributed by atoms with Crippen molar-refractivity contribution in [2.75, 3.05) is 5.73 Å². The molecule has 74 valence electrons. The smallest absolute Gasteiger partial charge is 0.0489 e. The van der Waals surface area contributed by atoms with Gasteiger partial charge in [-0.15, -0.1) is 0 Å². The molecule has 0 aliphatic rings. The van der Waals surface area contributed by atoms with Gasteiger partial charge in [-0.25, -0.2) is 0 Å². The Morgan fingerprint density at radius 1 is 1.43 bits per heavy atom. The van der Waals surface area contributed by atoms with E-state index in [2.05, 4.69) is 18.8 Å². The Morgan fingerprint density at radius 2 is 2.21 bits per heavy atom. The molecule has 1 rings (SSSR count). The second-order valence-electron chi connectivity index (χ2n) is 3.14. The van der Waals surface area contributed by atoms with Crippen LogP contribution in [0.2, 0.25) is 5.02 Å². The van der Waals surface area contributed by atoms with E-state index in [4.69, 9.17) is 17.3 Å². The summed E-state index contributed by atoms with van der Waals surface area (Å²) in [6.07, 6.45) is 3.22. The molecule has 0 aromatic heterocycles. The number of unbranched alkanes of at least 4 members (excludes halogenated alkanes) is 2. The van der Waals surface area contributed by atoms with Gasteiger partial charge < -0.3 is 5.73 Å². The Kier molecular flexibility index (Phi) is 4.35. The van der Waals surface area contributed by atoms with Crippen LogP contribution in [-0.4, -0.2) is 0 Å². The standard InChI is InChI=1S/C12H14ClN/c1-2-3-4-5-6-10-9-11(13)7-8-12(10)14/h7-9H,2-4,14H2,1H3. The van der Waals surface area contributed by atoms with Crippen molar-refractivity contribution in [1.29, 1.82) is 0 Å². The first-order valence-corrected chi connectivity index (χ1v) is 5.15. The van der Waals surface area contributed by atoms with Crippen LogP contribution in [0.5, 0.6) is 0 Å². The van der Waals surface area contributed by atoms with E-state index < -0.39 is 0 Å². The van der Waals surface area contributed by atoms with Crippen LogP contribution in [0.3, 0.4) is 0 Å². The maximum absolute atomic E-state index is 5.83. The number of anilines is 1. The van der Waals surface area contributed by atoms with E-state index in [-0.39, 0.29) is 0 Å². The van der Waals surface area contributed by atoms with Crippen LogP contribution in [0.15, 0.2) is 18.2 Å². The lowest BCUT2D eigenvalue weighted by molar-refractivity contribution is 0.828. The van der Waals surface area contributed by atoms with Crippen LogP contribution in [0.25, 0.3) is 0 Å². The molecule has 0 bridgehead atoms. The van der Waals surface area contributed by atoms with Crippen LogP contribution in [0, 0.1) is 11.8 Å². The highest BCUT2D eigenvalue weighted by molar-refractivity contribution is 6.30. The number of benzene rings is 1. The first-order chi connectivity index (χ1) is 6.74. The average Bonchev–Trinajstić information content (AvgIpc) is 2.18. The van der Waals surface area contributed by atoms with E-state index in [1.807, 2.05) is 0 Å². The van der Waals surface area contributed by atoms with Gasteiger partial charge in [0.05, 0.1) is 0 Å². The third-order valence-electron chi connectivity index (χ3n) is 1.89. The lowest BCUT2D eigenvalue weighted by Crippen LogP contribution is -1.89. The molecule has 0 amide bonds. The molecule has 1 aromatic carbocycles. The molecule has 1 aromatic rings. The molecule has 0 atom stereocenters. The third kappa shape index (κ3) is 3.32. The van der Waals surface area contributed by atoms with Crippen molar-refractivity contribution in [3.05, 3.63) is 28.8 Å². The Hall–Kier alpha value is -1.13. The molecule has 0 radical (unpaired) electrons. The van der Waals surface area contributed by atoms with Gasteiger partial charge in [0, 0.05) is 22.7 Å². The first kappa shape index (κ1) is 10.9. The minimum atomic E-state index is 0.680. The fourth-order valence-electron chi connectivity index (χ4n) is 1.06. The van der Waals surface area contributed by atoms with Crippen molar-refractivity contribution < 1.29 is 0 Å². The van der Waals surface area contributed by atoms with E-state index >= 15 is 0 Å². The van der Waals surface area contributed by atoms with Gasteiger partial charge in [0.25, 0.3) is 0 Å². The Balaban J connectivity index is 2.73. The summed E-state index contributed by atoms with van der Waals surface area (Å²) < 4.78 is 0. The van der Waals surface area contributed by atoms with Crippen molar-refractivity contribution in [3.8, 4) is 11.8 Å². The normalized spacial score (nSPS) is 9.29. The number of nitrogens with two attached hydrogens (primary N) is 1. The first-order valence-electron chi connectivity index (χ1n) is 4.78. The van der Waals surface area contributed by atoms with Gasteiger partial charge in [0.15, 0.2) is 0 Å². The molecule has 1 nitrogen and oxygen atoms in total. The molecule has 0 saturated heterocycles. The number of nitrogen functional groups attached to an aromatic ring is 1. The predicted octanol–water partition coefficient (Wildman–Crippen LogP) is 3.46. The van der Waals surface area contributed by atoms with Crippen LogP contribution in [0.4, 0.5) is 5.69 Å². The van der Waals surface area contributed by atoms with Crippen molar-refractivity contribution in [2.45, 2.75) is 26.2 Å². The molecule has 2 heteroatoms. The van der Waals surface area contributed by atoms with Gasteiger partial charge in [0.2, 0.25) is 0 Å². The highest BCUT2D eigenvalue weighted by atomic mass is 35.5. The number of rotatable bonds is 2. The monoisotopic (exact) mass is 207 g/mol. The number of hydrogen-bond donors (Lipinski definition) is 1. The second-order valence-corrected chi connectivity index (χ2v) is 3.57. The number of halogens is 1. The van der Waals surface area contributed by atoms with E-state index in [9.17, 15) is 0 Å². The summed E-state index contributed by atoms with van der Waals surface area (Å²) in [4.78, 5) is 0. The van der Waals surface area contributed by atoms with Crippen LogP contribution in [0.1, 0.15) is 31.7 Å². The second kappa shape index (κ2) is 5.57. The highest BCUT2D eigenvalue weighted by Gasteiger charge is 1.95. The van der Waals surface area contributed by atoms with Crippen molar-refractivity contribution in [3.63, 3.8) is 0 Å². The van der Waals surface area contributed by atoms with E-state index in [0.717, 1.165) is 18.4 Å². The van der Waals surface area contributed by atoms with Gasteiger partial charge in [-0.3, -0.25) is 0 Å². The summed E-state index contributed by atoms with van der Waals surface area (Å²) in [6.45, 7) is 2.15. The molecule has 0 spiro atoms. The van der Waals surface area contributed by atoms with Crippen molar-refractivity contribution in [1.82, 2.24) is 0 Å². The molecule has 0 unspecified atom stereocenters. The average molecular weight is 208 g/mol. The zero-order chi connectivity index (χ0) is 10.4. The summed E-state index contributed by atoms with van der Waals surface area (Å²) in [5.74, 6) is 6.11. The molecular weight excluding hydrogens is 194 g/mol. The summed E-state index contributed by atoms with van der Waals surface area (Å²) in [6, 6.07) is 5.36. The Morgan fingerprint density at radius 3 is 2.93 bits per heavy atom. The molecule has 14 heavy (non-hydrogen) atoms. The molecule has 0 heterocycles.